The van der Waals surface area contributed by atoms with Crippen LogP contribution in [0.5, 0.6) is 0 Å². The van der Waals surface area contributed by atoms with Gasteiger partial charge in [0.1, 0.15) is 4.90 Å². The van der Waals surface area contributed by atoms with Crippen LogP contribution in [0.2, 0.25) is 0 Å². The molecule has 0 saturated heterocycles. The zero-order valence-electron chi connectivity index (χ0n) is 13.1. The molecule has 0 radical (unpaired) electrons. The molecule has 1 saturated carbocycles. The molecule has 7 heteroatoms. The molecule has 0 spiro atoms. The van der Waals surface area contributed by atoms with Gasteiger partial charge in [-0.3, -0.25) is 5.10 Å². The summed E-state index contributed by atoms with van der Waals surface area (Å²) < 4.78 is 27.8. The van der Waals surface area contributed by atoms with Crippen molar-refractivity contribution in [3.05, 3.63) is 11.4 Å². The zero-order valence-corrected chi connectivity index (χ0v) is 13.9. The fraction of sp³-hybridized carbons (Fsp3) is 0.786. The highest BCUT2D eigenvalue weighted by molar-refractivity contribution is 7.89. The SMILES string of the molecule is CCCN(C1CCC(N)CC1)S(=O)(=O)c1c(C)n[nH]c1C. The number of H-pyrrole nitrogens is 1. The molecule has 6 nitrogen and oxygen atoms in total. The molecule has 120 valence electrons. The van der Waals surface area contributed by atoms with E-state index in [1.165, 1.54) is 0 Å². The largest absolute Gasteiger partial charge is 0.328 e. The van der Waals surface area contributed by atoms with Crippen molar-refractivity contribution in [2.45, 2.75) is 69.9 Å². The van der Waals surface area contributed by atoms with Gasteiger partial charge in [-0.05, 0) is 46.0 Å². The molecular weight excluding hydrogens is 288 g/mol. The Balaban J connectivity index is 2.33. The van der Waals surface area contributed by atoms with E-state index >= 15 is 0 Å². The van der Waals surface area contributed by atoms with Gasteiger partial charge in [0.25, 0.3) is 0 Å². The number of hydrogen-bond acceptors (Lipinski definition) is 4. The topological polar surface area (TPSA) is 92.1 Å². The number of nitrogens with one attached hydrogen (secondary N) is 1. The van der Waals surface area contributed by atoms with E-state index in [-0.39, 0.29) is 12.1 Å². The Morgan fingerprint density at radius 2 is 1.90 bits per heavy atom. The Morgan fingerprint density at radius 1 is 1.29 bits per heavy atom. The van der Waals surface area contributed by atoms with Gasteiger partial charge in [-0.15, -0.1) is 0 Å². The lowest BCUT2D eigenvalue weighted by Gasteiger charge is -2.35. The molecule has 0 amide bonds. The van der Waals surface area contributed by atoms with Crippen LogP contribution in [0.4, 0.5) is 0 Å². The second-order valence-corrected chi connectivity index (χ2v) is 7.77. The van der Waals surface area contributed by atoms with Crippen molar-refractivity contribution in [3.8, 4) is 0 Å². The van der Waals surface area contributed by atoms with Crippen molar-refractivity contribution in [1.29, 1.82) is 0 Å². The van der Waals surface area contributed by atoms with Gasteiger partial charge in [-0.25, -0.2) is 8.42 Å². The molecule has 1 fully saturated rings. The van der Waals surface area contributed by atoms with E-state index in [4.69, 9.17) is 5.73 Å². The van der Waals surface area contributed by atoms with Gasteiger partial charge in [0.2, 0.25) is 10.0 Å². The van der Waals surface area contributed by atoms with Gasteiger partial charge >= 0.3 is 0 Å². The highest BCUT2D eigenvalue weighted by Gasteiger charge is 2.35. The van der Waals surface area contributed by atoms with Crippen LogP contribution in [0.25, 0.3) is 0 Å². The second-order valence-electron chi connectivity index (χ2n) is 5.95. The number of aryl methyl sites for hydroxylation is 2. The lowest BCUT2D eigenvalue weighted by molar-refractivity contribution is 0.240. The maximum absolute atomic E-state index is 13.0. The first-order valence-corrected chi connectivity index (χ1v) is 9.11. The van der Waals surface area contributed by atoms with E-state index in [1.54, 1.807) is 18.2 Å². The van der Waals surface area contributed by atoms with Crippen LogP contribution < -0.4 is 5.73 Å². The predicted molar refractivity (Wildman–Crippen MR) is 82.5 cm³/mol. The Bertz CT molecular complexity index is 554. The summed E-state index contributed by atoms with van der Waals surface area (Å²) in [7, 11) is -3.50. The predicted octanol–water partition coefficient (Wildman–Crippen LogP) is 1.70. The summed E-state index contributed by atoms with van der Waals surface area (Å²) in [6, 6.07) is 0.272. The first-order valence-electron chi connectivity index (χ1n) is 7.67. The van der Waals surface area contributed by atoms with Gasteiger partial charge in [-0.2, -0.15) is 9.40 Å². The van der Waals surface area contributed by atoms with Crippen molar-refractivity contribution >= 4 is 10.0 Å². The lowest BCUT2D eigenvalue weighted by Crippen LogP contribution is -2.44. The van der Waals surface area contributed by atoms with Crippen LogP contribution >= 0.6 is 0 Å². The zero-order chi connectivity index (χ0) is 15.6. The van der Waals surface area contributed by atoms with Crippen molar-refractivity contribution in [2.75, 3.05) is 6.54 Å². The van der Waals surface area contributed by atoms with Crippen LogP contribution in [0, 0.1) is 13.8 Å². The third-order valence-electron chi connectivity index (χ3n) is 4.22. The molecule has 21 heavy (non-hydrogen) atoms. The second kappa shape index (κ2) is 6.46. The first kappa shape index (κ1) is 16.5. The average Bonchev–Trinajstić information content (AvgIpc) is 2.77. The molecule has 1 heterocycles. The van der Waals surface area contributed by atoms with Crippen molar-refractivity contribution in [2.24, 2.45) is 5.73 Å². The number of nitrogens with zero attached hydrogens (tertiary/aromatic N) is 2. The minimum atomic E-state index is -3.50. The number of aromatic amines is 1. The summed E-state index contributed by atoms with van der Waals surface area (Å²) in [5.41, 5.74) is 7.09. The quantitative estimate of drug-likeness (QED) is 0.865. The molecule has 1 aliphatic carbocycles. The molecule has 0 aromatic carbocycles. The molecule has 0 atom stereocenters. The van der Waals surface area contributed by atoms with Crippen molar-refractivity contribution in [3.63, 3.8) is 0 Å². The highest BCUT2D eigenvalue weighted by Crippen LogP contribution is 2.29. The van der Waals surface area contributed by atoms with E-state index in [9.17, 15) is 8.42 Å². The van der Waals surface area contributed by atoms with E-state index in [1.807, 2.05) is 6.92 Å². The molecule has 1 aliphatic rings. The van der Waals surface area contributed by atoms with Crippen LogP contribution in [-0.2, 0) is 10.0 Å². The van der Waals surface area contributed by atoms with Gasteiger partial charge in [-0.1, -0.05) is 6.92 Å². The van der Waals surface area contributed by atoms with Gasteiger partial charge in [0.05, 0.1) is 11.4 Å². The van der Waals surface area contributed by atoms with Crippen molar-refractivity contribution in [1.82, 2.24) is 14.5 Å². The van der Waals surface area contributed by atoms with Crippen molar-refractivity contribution < 1.29 is 8.42 Å². The van der Waals surface area contributed by atoms with Crippen LogP contribution in [0.15, 0.2) is 4.90 Å². The maximum atomic E-state index is 13.0. The fourth-order valence-electron chi connectivity index (χ4n) is 3.15. The van der Waals surface area contributed by atoms with Crippen LogP contribution in [0.3, 0.4) is 0 Å². The van der Waals surface area contributed by atoms with Gasteiger partial charge in [0.15, 0.2) is 0 Å². The standard InChI is InChI=1S/C14H26N4O2S/c1-4-9-18(13-7-5-12(15)6-8-13)21(19,20)14-10(2)16-17-11(14)3/h12-13H,4-9,15H2,1-3H3,(H,16,17). The Morgan fingerprint density at radius 3 is 2.38 bits per heavy atom. The molecule has 3 N–H and O–H groups in total. The average molecular weight is 314 g/mol. The molecule has 0 bridgehead atoms. The summed E-state index contributed by atoms with van der Waals surface area (Å²) in [5.74, 6) is 0. The van der Waals surface area contributed by atoms with E-state index in [0.717, 1.165) is 32.1 Å². The summed E-state index contributed by atoms with van der Waals surface area (Å²) in [4.78, 5) is 0.339. The third-order valence-corrected chi connectivity index (χ3v) is 6.44. The summed E-state index contributed by atoms with van der Waals surface area (Å²) in [6.45, 7) is 6.05. The normalized spacial score (nSPS) is 23.7. The molecule has 0 aliphatic heterocycles. The minimum absolute atomic E-state index is 0.0587. The fourth-order valence-corrected chi connectivity index (χ4v) is 5.26. The number of sulfonamides is 1. The third kappa shape index (κ3) is 3.30. The molecule has 1 aromatic heterocycles. The summed E-state index contributed by atoms with van der Waals surface area (Å²) >= 11 is 0. The Labute approximate surface area is 127 Å². The molecular formula is C14H26N4O2S. The Kier molecular flexibility index (Phi) is 5.06. The van der Waals surface area contributed by atoms with Crippen LogP contribution in [-0.4, -0.2) is 41.5 Å². The number of nitrogens with two attached hydrogens (primary N) is 1. The number of hydrogen-bond donors (Lipinski definition) is 2. The van der Waals surface area contributed by atoms with E-state index in [2.05, 4.69) is 10.2 Å². The highest BCUT2D eigenvalue weighted by atomic mass is 32.2. The molecule has 1 aromatic rings. The Hall–Kier alpha value is -0.920. The van der Waals surface area contributed by atoms with Crippen LogP contribution in [0.1, 0.15) is 50.4 Å². The molecule has 2 rings (SSSR count). The maximum Gasteiger partial charge on any atom is 0.246 e. The van der Waals surface area contributed by atoms with Gasteiger partial charge < -0.3 is 5.73 Å². The minimum Gasteiger partial charge on any atom is -0.328 e. The van der Waals surface area contributed by atoms with Gasteiger partial charge in [0, 0.05) is 18.6 Å². The van der Waals surface area contributed by atoms with E-state index in [0.29, 0.717) is 22.8 Å². The van der Waals surface area contributed by atoms with E-state index < -0.39 is 10.0 Å². The summed E-state index contributed by atoms with van der Waals surface area (Å²) in [5, 5.41) is 6.81. The summed E-state index contributed by atoms with van der Waals surface area (Å²) in [6.07, 6.45) is 4.28. The smallest absolute Gasteiger partial charge is 0.246 e. The monoisotopic (exact) mass is 314 g/mol. The number of rotatable bonds is 5. The lowest BCUT2D eigenvalue weighted by atomic mass is 9.92. The number of aromatic nitrogens is 2. The first-order chi connectivity index (χ1) is 9.87. The molecule has 0 unspecified atom stereocenters.